The minimum atomic E-state index is -1.56. The van der Waals surface area contributed by atoms with E-state index in [-0.39, 0.29) is 17.9 Å². The van der Waals surface area contributed by atoms with Gasteiger partial charge in [-0.25, -0.2) is 9.18 Å². The van der Waals surface area contributed by atoms with E-state index in [2.05, 4.69) is 4.74 Å². The first-order chi connectivity index (χ1) is 8.54. The van der Waals surface area contributed by atoms with Crippen LogP contribution in [0.5, 0.6) is 5.75 Å². The number of ether oxygens (including phenoxy) is 3. The molecule has 18 heavy (non-hydrogen) atoms. The lowest BCUT2D eigenvalue weighted by molar-refractivity contribution is -0.150. The number of rotatable bonds is 5. The van der Waals surface area contributed by atoms with Crippen LogP contribution in [0.2, 0.25) is 0 Å². The molecule has 0 saturated heterocycles. The number of aliphatic hydroxyl groups excluding tert-OH is 1. The molecule has 0 fully saturated rings. The molecule has 1 rings (SSSR count). The summed E-state index contributed by atoms with van der Waals surface area (Å²) in [6.07, 6.45) is -1.56. The maximum Gasteiger partial charge on any atom is 0.339 e. The molecule has 0 aromatic heterocycles. The van der Waals surface area contributed by atoms with Crippen LogP contribution in [0.15, 0.2) is 12.1 Å². The Balaban J connectivity index is 3.23. The highest BCUT2D eigenvalue weighted by molar-refractivity contribution is 5.76. The summed E-state index contributed by atoms with van der Waals surface area (Å²) < 4.78 is 27.7. The van der Waals surface area contributed by atoms with E-state index >= 15 is 0 Å². The van der Waals surface area contributed by atoms with Crippen molar-refractivity contribution in [1.29, 1.82) is 0 Å². The predicted molar refractivity (Wildman–Crippen MR) is 60.6 cm³/mol. The number of carbonyl (C=O) groups is 1. The number of carbonyl (C=O) groups excluding carboxylic acids is 1. The Morgan fingerprint density at radius 1 is 1.39 bits per heavy atom. The lowest BCUT2D eigenvalue weighted by Gasteiger charge is -2.15. The molecule has 5 nitrogen and oxygen atoms in total. The van der Waals surface area contributed by atoms with E-state index in [0.29, 0.717) is 5.56 Å². The minimum Gasteiger partial charge on any atom is -0.494 e. The monoisotopic (exact) mass is 258 g/mol. The molecule has 1 aromatic carbocycles. The van der Waals surface area contributed by atoms with E-state index < -0.39 is 17.9 Å². The fourth-order valence-electron chi connectivity index (χ4n) is 1.54. The zero-order valence-electron chi connectivity index (χ0n) is 10.4. The van der Waals surface area contributed by atoms with Crippen molar-refractivity contribution in [2.45, 2.75) is 12.7 Å². The molecule has 0 aliphatic rings. The smallest absolute Gasteiger partial charge is 0.339 e. The number of halogens is 1. The highest BCUT2D eigenvalue weighted by atomic mass is 19.1. The van der Waals surface area contributed by atoms with E-state index in [1.54, 1.807) is 0 Å². The van der Waals surface area contributed by atoms with Crippen molar-refractivity contribution in [3.63, 3.8) is 0 Å². The van der Waals surface area contributed by atoms with Gasteiger partial charge < -0.3 is 19.3 Å². The summed E-state index contributed by atoms with van der Waals surface area (Å²) in [5.74, 6) is -1.52. The van der Waals surface area contributed by atoms with Gasteiger partial charge in [0.1, 0.15) is 0 Å². The highest BCUT2D eigenvalue weighted by Gasteiger charge is 2.23. The summed E-state index contributed by atoms with van der Waals surface area (Å²) in [5.41, 5.74) is 0.552. The Kier molecular flexibility index (Phi) is 5.06. The summed E-state index contributed by atoms with van der Waals surface area (Å²) in [4.78, 5) is 11.3. The van der Waals surface area contributed by atoms with Crippen molar-refractivity contribution >= 4 is 5.97 Å². The molecule has 0 radical (unpaired) electrons. The van der Waals surface area contributed by atoms with Crippen molar-refractivity contribution < 1.29 is 28.5 Å². The van der Waals surface area contributed by atoms with E-state index in [1.165, 1.54) is 20.3 Å². The quantitative estimate of drug-likeness (QED) is 0.803. The molecule has 6 heteroatoms. The molecule has 1 N–H and O–H groups in total. The first-order valence-electron chi connectivity index (χ1n) is 5.16. The molecule has 1 unspecified atom stereocenters. The maximum atomic E-state index is 13.6. The van der Waals surface area contributed by atoms with E-state index in [0.717, 1.165) is 13.2 Å². The Hall–Kier alpha value is -1.66. The Labute approximate surface area is 104 Å². The molecule has 1 aromatic rings. The van der Waals surface area contributed by atoms with Crippen molar-refractivity contribution in [2.75, 3.05) is 21.3 Å². The third-order valence-corrected chi connectivity index (χ3v) is 2.43. The van der Waals surface area contributed by atoms with Gasteiger partial charge in [0.15, 0.2) is 17.7 Å². The van der Waals surface area contributed by atoms with Crippen LogP contribution in [-0.2, 0) is 20.9 Å². The zero-order chi connectivity index (χ0) is 13.7. The highest BCUT2D eigenvalue weighted by Crippen LogP contribution is 2.27. The molecule has 0 bridgehead atoms. The molecule has 1 atom stereocenters. The predicted octanol–water partition coefficient (Wildman–Crippen LogP) is 1.19. The Morgan fingerprint density at radius 3 is 2.56 bits per heavy atom. The minimum absolute atomic E-state index is 0.0165. The zero-order valence-corrected chi connectivity index (χ0v) is 10.4. The lowest BCUT2D eigenvalue weighted by atomic mass is 10.0. The van der Waals surface area contributed by atoms with Gasteiger partial charge in [-0.05, 0) is 17.7 Å². The van der Waals surface area contributed by atoms with Gasteiger partial charge in [0.05, 0.1) is 20.8 Å². The molecule has 0 amide bonds. The third kappa shape index (κ3) is 2.96. The van der Waals surface area contributed by atoms with Crippen LogP contribution in [0.1, 0.15) is 17.2 Å². The first kappa shape index (κ1) is 14.4. The van der Waals surface area contributed by atoms with Crippen molar-refractivity contribution in [2.24, 2.45) is 0 Å². The number of methoxy groups -OCH3 is 3. The average molecular weight is 258 g/mol. The number of esters is 1. The van der Waals surface area contributed by atoms with Crippen LogP contribution in [0.25, 0.3) is 0 Å². The number of hydrogen-bond acceptors (Lipinski definition) is 5. The molecule has 0 aliphatic carbocycles. The van der Waals surface area contributed by atoms with E-state index in [4.69, 9.17) is 9.47 Å². The van der Waals surface area contributed by atoms with Crippen molar-refractivity contribution in [3.8, 4) is 5.75 Å². The molecule has 0 spiro atoms. The fraction of sp³-hybridized carbons (Fsp3) is 0.417. The van der Waals surface area contributed by atoms with Crippen LogP contribution >= 0.6 is 0 Å². The Bertz CT molecular complexity index is 433. The number of aliphatic hydroxyl groups is 1. The van der Waals surface area contributed by atoms with Gasteiger partial charge in [-0.3, -0.25) is 0 Å². The van der Waals surface area contributed by atoms with Crippen LogP contribution in [0, 0.1) is 5.82 Å². The largest absolute Gasteiger partial charge is 0.494 e. The molecule has 100 valence electrons. The maximum absolute atomic E-state index is 13.6. The van der Waals surface area contributed by atoms with Crippen molar-refractivity contribution in [3.05, 3.63) is 29.1 Å². The topological polar surface area (TPSA) is 65.0 Å². The standard InChI is InChI=1S/C12H15FO5/c1-16-6-7-4-10(17-2)9(13)5-8(7)11(14)12(15)18-3/h4-5,11,14H,6H2,1-3H3. The van der Waals surface area contributed by atoms with E-state index in [9.17, 15) is 14.3 Å². The summed E-state index contributed by atoms with van der Waals surface area (Å²) >= 11 is 0. The number of hydrogen-bond donors (Lipinski definition) is 1. The molecular formula is C12H15FO5. The normalized spacial score (nSPS) is 12.1. The van der Waals surface area contributed by atoms with Crippen LogP contribution in [0.3, 0.4) is 0 Å². The van der Waals surface area contributed by atoms with Crippen LogP contribution < -0.4 is 4.74 Å². The number of benzene rings is 1. The van der Waals surface area contributed by atoms with Gasteiger partial charge >= 0.3 is 5.97 Å². The SMILES string of the molecule is COCc1cc(OC)c(F)cc1C(O)C(=O)OC. The summed E-state index contributed by atoms with van der Waals surface area (Å²) in [6, 6.07) is 2.41. The molecule has 0 heterocycles. The average Bonchev–Trinajstić information content (AvgIpc) is 2.38. The molecule has 0 aliphatic heterocycles. The van der Waals surface area contributed by atoms with Gasteiger partial charge in [0.2, 0.25) is 0 Å². The van der Waals surface area contributed by atoms with Crippen LogP contribution in [0.4, 0.5) is 4.39 Å². The first-order valence-corrected chi connectivity index (χ1v) is 5.16. The summed E-state index contributed by atoms with van der Waals surface area (Å²) in [5, 5.41) is 9.75. The van der Waals surface area contributed by atoms with E-state index in [1.807, 2.05) is 0 Å². The summed E-state index contributed by atoms with van der Waals surface area (Å²) in [7, 11) is 3.91. The van der Waals surface area contributed by atoms with Gasteiger partial charge in [-0.2, -0.15) is 0 Å². The third-order valence-electron chi connectivity index (χ3n) is 2.43. The van der Waals surface area contributed by atoms with Gasteiger partial charge in [-0.15, -0.1) is 0 Å². The van der Waals surface area contributed by atoms with Gasteiger partial charge in [-0.1, -0.05) is 0 Å². The second kappa shape index (κ2) is 6.32. The second-order valence-electron chi connectivity index (χ2n) is 3.54. The lowest BCUT2D eigenvalue weighted by Crippen LogP contribution is -2.16. The molecule has 0 saturated carbocycles. The fourth-order valence-corrected chi connectivity index (χ4v) is 1.54. The Morgan fingerprint density at radius 2 is 2.06 bits per heavy atom. The summed E-state index contributed by atoms with van der Waals surface area (Å²) in [6.45, 7) is 0.111. The second-order valence-corrected chi connectivity index (χ2v) is 3.54. The van der Waals surface area contributed by atoms with Crippen LogP contribution in [-0.4, -0.2) is 32.4 Å². The molecular weight excluding hydrogens is 243 g/mol. The van der Waals surface area contributed by atoms with Gasteiger partial charge in [0.25, 0.3) is 0 Å². The van der Waals surface area contributed by atoms with Crippen molar-refractivity contribution in [1.82, 2.24) is 0 Å². The van der Waals surface area contributed by atoms with Gasteiger partial charge in [0, 0.05) is 12.7 Å².